The number of rotatable bonds is 2. The molecule has 2 heteroatoms. The van der Waals surface area contributed by atoms with E-state index in [0.717, 1.165) is 19.1 Å². The summed E-state index contributed by atoms with van der Waals surface area (Å²) in [5.74, 6) is 0. The lowest BCUT2D eigenvalue weighted by Gasteiger charge is -2.40. The van der Waals surface area contributed by atoms with Gasteiger partial charge in [0.2, 0.25) is 0 Å². The summed E-state index contributed by atoms with van der Waals surface area (Å²) in [6.07, 6.45) is 6.56. The van der Waals surface area contributed by atoms with E-state index in [1.165, 1.54) is 43.4 Å². The minimum absolute atomic E-state index is 0.551. The molecule has 2 nitrogen and oxygen atoms in total. The van der Waals surface area contributed by atoms with Gasteiger partial charge in [0.15, 0.2) is 0 Å². The van der Waals surface area contributed by atoms with Crippen LogP contribution >= 0.6 is 0 Å². The first-order valence-electron chi connectivity index (χ1n) is 8.11. The zero-order chi connectivity index (χ0) is 14.2. The van der Waals surface area contributed by atoms with Crippen molar-refractivity contribution in [2.24, 2.45) is 5.41 Å². The van der Waals surface area contributed by atoms with Crippen molar-refractivity contribution in [2.75, 3.05) is 18.5 Å². The van der Waals surface area contributed by atoms with Gasteiger partial charge in [0.1, 0.15) is 0 Å². The predicted molar refractivity (Wildman–Crippen MR) is 86.3 cm³/mol. The van der Waals surface area contributed by atoms with E-state index in [-0.39, 0.29) is 0 Å². The van der Waals surface area contributed by atoms with Crippen LogP contribution in [0.1, 0.15) is 50.7 Å². The standard InChI is InChI=1S/C18H28N2/c1-18(2)10-7-15(8-11-18)20(3)17-6-4-5-14-9-12-19-13-16(14)17/h4-6,15,19H,7-13H2,1-3H3. The summed E-state index contributed by atoms with van der Waals surface area (Å²) in [6, 6.07) is 7.57. The van der Waals surface area contributed by atoms with Crippen molar-refractivity contribution in [1.29, 1.82) is 0 Å². The summed E-state index contributed by atoms with van der Waals surface area (Å²) >= 11 is 0. The van der Waals surface area contributed by atoms with Crippen LogP contribution in [0.3, 0.4) is 0 Å². The number of benzene rings is 1. The molecule has 1 N–H and O–H groups in total. The van der Waals surface area contributed by atoms with Crippen LogP contribution in [-0.2, 0) is 13.0 Å². The van der Waals surface area contributed by atoms with Crippen LogP contribution in [0.15, 0.2) is 18.2 Å². The minimum Gasteiger partial charge on any atom is -0.371 e. The van der Waals surface area contributed by atoms with Crippen molar-refractivity contribution in [3.63, 3.8) is 0 Å². The van der Waals surface area contributed by atoms with Gasteiger partial charge < -0.3 is 10.2 Å². The van der Waals surface area contributed by atoms with E-state index in [1.807, 2.05) is 0 Å². The topological polar surface area (TPSA) is 15.3 Å². The van der Waals surface area contributed by atoms with Crippen LogP contribution in [0.25, 0.3) is 0 Å². The molecule has 1 fully saturated rings. The fraction of sp³-hybridized carbons (Fsp3) is 0.667. The first-order valence-corrected chi connectivity index (χ1v) is 8.11. The van der Waals surface area contributed by atoms with Gasteiger partial charge in [-0.3, -0.25) is 0 Å². The molecular weight excluding hydrogens is 244 g/mol. The van der Waals surface area contributed by atoms with Gasteiger partial charge >= 0.3 is 0 Å². The van der Waals surface area contributed by atoms with Crippen LogP contribution < -0.4 is 10.2 Å². The molecule has 1 aromatic rings. The van der Waals surface area contributed by atoms with E-state index in [0.29, 0.717) is 5.41 Å². The molecule has 1 aromatic carbocycles. The third kappa shape index (κ3) is 2.71. The number of hydrogen-bond donors (Lipinski definition) is 1. The zero-order valence-corrected chi connectivity index (χ0v) is 13.2. The fourth-order valence-corrected chi connectivity index (χ4v) is 3.79. The van der Waals surface area contributed by atoms with E-state index < -0.39 is 0 Å². The smallest absolute Gasteiger partial charge is 0.0414 e. The predicted octanol–water partition coefficient (Wildman–Crippen LogP) is 3.74. The summed E-state index contributed by atoms with van der Waals surface area (Å²) < 4.78 is 0. The Morgan fingerprint density at radius 3 is 2.70 bits per heavy atom. The number of anilines is 1. The van der Waals surface area contributed by atoms with Crippen molar-refractivity contribution < 1.29 is 0 Å². The molecule has 0 unspecified atom stereocenters. The molecule has 0 bridgehead atoms. The van der Waals surface area contributed by atoms with Crippen molar-refractivity contribution in [3.8, 4) is 0 Å². The Hall–Kier alpha value is -1.02. The van der Waals surface area contributed by atoms with E-state index in [4.69, 9.17) is 0 Å². The van der Waals surface area contributed by atoms with Gasteiger partial charge in [0.25, 0.3) is 0 Å². The molecule has 110 valence electrons. The zero-order valence-electron chi connectivity index (χ0n) is 13.2. The minimum atomic E-state index is 0.551. The molecule has 2 aliphatic rings. The molecule has 1 aliphatic carbocycles. The van der Waals surface area contributed by atoms with Gasteiger partial charge in [-0.05, 0) is 61.3 Å². The summed E-state index contributed by atoms with van der Waals surface area (Å²) in [4.78, 5) is 2.56. The highest BCUT2D eigenvalue weighted by Gasteiger charge is 2.29. The molecule has 0 radical (unpaired) electrons. The quantitative estimate of drug-likeness (QED) is 0.882. The summed E-state index contributed by atoms with van der Waals surface area (Å²) in [7, 11) is 2.30. The molecule has 0 spiro atoms. The number of hydrogen-bond acceptors (Lipinski definition) is 2. The maximum atomic E-state index is 3.53. The highest BCUT2D eigenvalue weighted by molar-refractivity contribution is 5.57. The van der Waals surface area contributed by atoms with Crippen molar-refractivity contribution in [2.45, 2.75) is 58.5 Å². The first-order chi connectivity index (χ1) is 9.57. The monoisotopic (exact) mass is 272 g/mol. The Morgan fingerprint density at radius 2 is 1.95 bits per heavy atom. The Kier molecular flexibility index (Phi) is 3.76. The Balaban J connectivity index is 1.79. The number of nitrogens with one attached hydrogen (secondary N) is 1. The number of nitrogens with zero attached hydrogens (tertiary/aromatic N) is 1. The van der Waals surface area contributed by atoms with Crippen LogP contribution in [0, 0.1) is 5.41 Å². The molecule has 1 aliphatic heterocycles. The fourth-order valence-electron chi connectivity index (χ4n) is 3.79. The average molecular weight is 272 g/mol. The highest BCUT2D eigenvalue weighted by Crippen LogP contribution is 2.38. The molecule has 0 saturated heterocycles. The van der Waals surface area contributed by atoms with Gasteiger partial charge in [-0.15, -0.1) is 0 Å². The van der Waals surface area contributed by atoms with E-state index in [9.17, 15) is 0 Å². The molecule has 20 heavy (non-hydrogen) atoms. The van der Waals surface area contributed by atoms with E-state index in [1.54, 1.807) is 5.56 Å². The largest absolute Gasteiger partial charge is 0.371 e. The van der Waals surface area contributed by atoms with Crippen molar-refractivity contribution in [3.05, 3.63) is 29.3 Å². The van der Waals surface area contributed by atoms with Gasteiger partial charge in [-0.25, -0.2) is 0 Å². The molecule has 0 atom stereocenters. The Labute approximate surface area is 123 Å². The maximum absolute atomic E-state index is 3.53. The van der Waals surface area contributed by atoms with Crippen LogP contribution in [0.2, 0.25) is 0 Å². The Morgan fingerprint density at radius 1 is 1.20 bits per heavy atom. The molecule has 1 heterocycles. The van der Waals surface area contributed by atoms with Crippen molar-refractivity contribution in [1.82, 2.24) is 5.32 Å². The van der Waals surface area contributed by atoms with Gasteiger partial charge in [-0.2, -0.15) is 0 Å². The van der Waals surface area contributed by atoms with Gasteiger partial charge in [0, 0.05) is 25.3 Å². The van der Waals surface area contributed by atoms with E-state index >= 15 is 0 Å². The third-order valence-electron chi connectivity index (χ3n) is 5.36. The molecule has 3 rings (SSSR count). The lowest BCUT2D eigenvalue weighted by atomic mass is 9.75. The molecule has 1 saturated carbocycles. The van der Waals surface area contributed by atoms with Crippen LogP contribution in [0.4, 0.5) is 5.69 Å². The van der Waals surface area contributed by atoms with Crippen LogP contribution in [0.5, 0.6) is 0 Å². The molecular formula is C18H28N2. The van der Waals surface area contributed by atoms with Gasteiger partial charge in [0.05, 0.1) is 0 Å². The lowest BCUT2D eigenvalue weighted by molar-refractivity contribution is 0.222. The van der Waals surface area contributed by atoms with Crippen LogP contribution in [-0.4, -0.2) is 19.6 Å². The molecule has 0 amide bonds. The third-order valence-corrected chi connectivity index (χ3v) is 5.36. The van der Waals surface area contributed by atoms with E-state index in [2.05, 4.69) is 49.3 Å². The summed E-state index contributed by atoms with van der Waals surface area (Å²) in [5, 5.41) is 3.53. The average Bonchev–Trinajstić information content (AvgIpc) is 2.46. The highest BCUT2D eigenvalue weighted by atomic mass is 15.1. The second-order valence-corrected chi connectivity index (χ2v) is 7.35. The second-order valence-electron chi connectivity index (χ2n) is 7.35. The first kappa shape index (κ1) is 13.9. The van der Waals surface area contributed by atoms with Crippen molar-refractivity contribution >= 4 is 5.69 Å². The SMILES string of the molecule is CN(c1cccc2c1CNCC2)C1CCC(C)(C)CC1. The number of fused-ring (bicyclic) bond motifs is 1. The summed E-state index contributed by atoms with van der Waals surface area (Å²) in [6.45, 7) is 6.99. The molecule has 0 aromatic heterocycles. The Bertz CT molecular complexity index is 468. The maximum Gasteiger partial charge on any atom is 0.0414 e. The van der Waals surface area contributed by atoms with Gasteiger partial charge in [-0.1, -0.05) is 26.0 Å². The second kappa shape index (κ2) is 5.40. The normalized spacial score (nSPS) is 22.4. The lowest BCUT2D eigenvalue weighted by Crippen LogP contribution is -2.38. The summed E-state index contributed by atoms with van der Waals surface area (Å²) in [5.41, 5.74) is 5.09.